The molecule has 0 bridgehead atoms. The average molecular weight is 271 g/mol. The Balaban J connectivity index is 2.53. The highest BCUT2D eigenvalue weighted by molar-refractivity contribution is 5.88. The number of hydrogen-bond donors (Lipinski definition) is 3. The topological polar surface area (TPSA) is 61.5 Å². The lowest BCUT2D eigenvalue weighted by Gasteiger charge is -2.20. The van der Waals surface area contributed by atoms with Gasteiger partial charge in [-0.2, -0.15) is 0 Å². The van der Waals surface area contributed by atoms with E-state index in [0.29, 0.717) is 6.54 Å². The van der Waals surface area contributed by atoms with E-state index in [4.69, 9.17) is 10.8 Å². The van der Waals surface area contributed by atoms with Gasteiger partial charge in [-0.3, -0.25) is 0 Å². The predicted molar refractivity (Wildman–Crippen MR) is 86.2 cm³/mol. The fraction of sp³-hybridized carbons (Fsp3) is 0.250. The van der Waals surface area contributed by atoms with E-state index in [1.807, 2.05) is 44.4 Å². The Hall–Kier alpha value is -2.20. The molecule has 4 N–H and O–H groups in total. The molecule has 0 aliphatic carbocycles. The van der Waals surface area contributed by atoms with E-state index in [2.05, 4.69) is 22.3 Å². The Morgan fingerprint density at radius 1 is 1.10 bits per heavy atom. The van der Waals surface area contributed by atoms with Crippen molar-refractivity contribution in [3.05, 3.63) is 42.5 Å². The largest absolute Gasteiger partial charge is 0.399 e. The predicted octanol–water partition coefficient (Wildman–Crippen LogP) is 2.41. The first-order valence-corrected chi connectivity index (χ1v) is 6.64. The van der Waals surface area contributed by atoms with Crippen molar-refractivity contribution in [3.8, 4) is 11.1 Å². The van der Waals surface area contributed by atoms with Crippen LogP contribution in [0, 0.1) is 0 Å². The molecule has 0 aliphatic heterocycles. The molecule has 0 heterocycles. The Morgan fingerprint density at radius 2 is 1.85 bits per heavy atom. The molecular weight excluding hydrogens is 250 g/mol. The zero-order chi connectivity index (χ0) is 14.5. The van der Waals surface area contributed by atoms with Crippen LogP contribution in [0.3, 0.4) is 0 Å². The molecule has 20 heavy (non-hydrogen) atoms. The quantitative estimate of drug-likeness (QED) is 0.731. The van der Waals surface area contributed by atoms with Crippen LogP contribution in [-0.4, -0.2) is 32.4 Å². The van der Waals surface area contributed by atoms with E-state index in [1.165, 1.54) is 0 Å². The number of aliphatic hydroxyl groups is 1. The summed E-state index contributed by atoms with van der Waals surface area (Å²) in [7, 11) is 4.04. The summed E-state index contributed by atoms with van der Waals surface area (Å²) in [6.45, 7) is 0.611. The van der Waals surface area contributed by atoms with Gasteiger partial charge >= 0.3 is 0 Å². The molecule has 0 aromatic heterocycles. The van der Waals surface area contributed by atoms with Crippen LogP contribution in [0.15, 0.2) is 42.5 Å². The third-order valence-corrected chi connectivity index (χ3v) is 3.15. The minimum absolute atomic E-state index is 0.0964. The number of aliphatic hydroxyl groups excluding tert-OH is 1. The van der Waals surface area contributed by atoms with Crippen LogP contribution < -0.4 is 16.0 Å². The third-order valence-electron chi connectivity index (χ3n) is 3.15. The van der Waals surface area contributed by atoms with E-state index in [0.717, 1.165) is 28.2 Å². The summed E-state index contributed by atoms with van der Waals surface area (Å²) >= 11 is 0. The Labute approximate surface area is 119 Å². The molecule has 0 atom stereocenters. The fourth-order valence-corrected chi connectivity index (χ4v) is 2.22. The summed E-state index contributed by atoms with van der Waals surface area (Å²) in [5.74, 6) is 0. The molecule has 0 amide bonds. The van der Waals surface area contributed by atoms with E-state index < -0.39 is 0 Å². The lowest BCUT2D eigenvalue weighted by Crippen LogP contribution is -2.11. The molecule has 0 fully saturated rings. The van der Waals surface area contributed by atoms with Crippen molar-refractivity contribution in [2.75, 3.05) is 43.2 Å². The van der Waals surface area contributed by atoms with Crippen LogP contribution in [0.25, 0.3) is 11.1 Å². The monoisotopic (exact) mass is 271 g/mol. The highest BCUT2D eigenvalue weighted by Gasteiger charge is 2.11. The Bertz CT molecular complexity index is 582. The van der Waals surface area contributed by atoms with Crippen molar-refractivity contribution in [1.82, 2.24) is 0 Å². The molecule has 0 radical (unpaired) electrons. The van der Waals surface area contributed by atoms with Gasteiger partial charge in [-0.05, 0) is 24.3 Å². The number of benzene rings is 2. The smallest absolute Gasteiger partial charge is 0.0604 e. The van der Waals surface area contributed by atoms with E-state index >= 15 is 0 Å². The van der Waals surface area contributed by atoms with Crippen LogP contribution in [0.5, 0.6) is 0 Å². The summed E-state index contributed by atoms with van der Waals surface area (Å²) in [4.78, 5) is 2.08. The molecule has 0 saturated carbocycles. The first kappa shape index (κ1) is 14.2. The van der Waals surface area contributed by atoms with Crippen LogP contribution in [0.1, 0.15) is 0 Å². The van der Waals surface area contributed by atoms with Crippen LogP contribution >= 0.6 is 0 Å². The van der Waals surface area contributed by atoms with Crippen LogP contribution in [0.2, 0.25) is 0 Å². The van der Waals surface area contributed by atoms with E-state index in [1.54, 1.807) is 0 Å². The van der Waals surface area contributed by atoms with Gasteiger partial charge in [-0.1, -0.05) is 18.2 Å². The summed E-state index contributed by atoms with van der Waals surface area (Å²) < 4.78 is 0. The number of rotatable bonds is 5. The Kier molecular flexibility index (Phi) is 4.48. The average Bonchev–Trinajstić information content (AvgIpc) is 2.46. The maximum atomic E-state index is 8.99. The number of nitrogens with zero attached hydrogens (tertiary/aromatic N) is 1. The Morgan fingerprint density at radius 3 is 2.55 bits per heavy atom. The highest BCUT2D eigenvalue weighted by atomic mass is 16.3. The van der Waals surface area contributed by atoms with Gasteiger partial charge in [0.1, 0.15) is 0 Å². The molecule has 2 aromatic rings. The van der Waals surface area contributed by atoms with Gasteiger partial charge in [0.25, 0.3) is 0 Å². The second-order valence-corrected chi connectivity index (χ2v) is 4.87. The molecule has 0 unspecified atom stereocenters. The first-order valence-electron chi connectivity index (χ1n) is 6.64. The van der Waals surface area contributed by atoms with Crippen molar-refractivity contribution in [2.45, 2.75) is 0 Å². The minimum atomic E-state index is 0.0964. The van der Waals surface area contributed by atoms with Gasteiger partial charge in [-0.25, -0.2) is 0 Å². The standard InChI is InChI=1S/C16H21N3O/c1-19(2)16-6-4-3-5-13(16)14-11-12(17)7-8-15(14)18-9-10-20/h3-8,11,18,20H,9-10,17H2,1-2H3. The third kappa shape index (κ3) is 3.03. The number of hydrogen-bond acceptors (Lipinski definition) is 4. The van der Waals surface area contributed by atoms with Crippen LogP contribution in [-0.2, 0) is 0 Å². The van der Waals surface area contributed by atoms with Crippen molar-refractivity contribution < 1.29 is 5.11 Å². The summed E-state index contributed by atoms with van der Waals surface area (Å²) in [5.41, 5.74) is 10.9. The SMILES string of the molecule is CN(C)c1ccccc1-c1cc(N)ccc1NCCO. The molecular formula is C16H21N3O. The number of nitrogen functional groups attached to an aromatic ring is 1. The molecule has 0 saturated heterocycles. The van der Waals surface area contributed by atoms with Gasteiger partial charge in [-0.15, -0.1) is 0 Å². The zero-order valence-electron chi connectivity index (χ0n) is 11.9. The maximum absolute atomic E-state index is 8.99. The second-order valence-electron chi connectivity index (χ2n) is 4.87. The normalized spacial score (nSPS) is 10.3. The maximum Gasteiger partial charge on any atom is 0.0604 e. The van der Waals surface area contributed by atoms with Crippen molar-refractivity contribution in [1.29, 1.82) is 0 Å². The van der Waals surface area contributed by atoms with Crippen molar-refractivity contribution in [2.24, 2.45) is 0 Å². The van der Waals surface area contributed by atoms with Gasteiger partial charge in [0.15, 0.2) is 0 Å². The summed E-state index contributed by atoms with van der Waals surface area (Å²) in [5, 5.41) is 12.2. The first-order chi connectivity index (χ1) is 9.63. The van der Waals surface area contributed by atoms with E-state index in [9.17, 15) is 0 Å². The zero-order valence-corrected chi connectivity index (χ0v) is 11.9. The molecule has 106 valence electrons. The van der Waals surface area contributed by atoms with Gasteiger partial charge in [0.2, 0.25) is 0 Å². The number of nitrogens with two attached hydrogens (primary N) is 1. The van der Waals surface area contributed by atoms with Gasteiger partial charge in [0.05, 0.1) is 6.61 Å². The number of anilines is 3. The highest BCUT2D eigenvalue weighted by Crippen LogP contribution is 2.35. The van der Waals surface area contributed by atoms with E-state index in [-0.39, 0.29) is 6.61 Å². The summed E-state index contributed by atoms with van der Waals surface area (Å²) in [6.07, 6.45) is 0. The van der Waals surface area contributed by atoms with Gasteiger partial charge < -0.3 is 21.1 Å². The summed E-state index contributed by atoms with van der Waals surface area (Å²) in [6, 6.07) is 14.0. The second kappa shape index (κ2) is 6.30. The number of nitrogens with one attached hydrogen (secondary N) is 1. The minimum Gasteiger partial charge on any atom is -0.399 e. The number of para-hydroxylation sites is 1. The van der Waals surface area contributed by atoms with Crippen molar-refractivity contribution in [3.63, 3.8) is 0 Å². The molecule has 2 rings (SSSR count). The molecule has 0 spiro atoms. The lowest BCUT2D eigenvalue weighted by atomic mass is 10.0. The van der Waals surface area contributed by atoms with Gasteiger partial charge in [0, 0.05) is 48.8 Å². The molecule has 4 nitrogen and oxygen atoms in total. The molecule has 2 aromatic carbocycles. The molecule has 0 aliphatic rings. The lowest BCUT2D eigenvalue weighted by molar-refractivity contribution is 0.311. The fourth-order valence-electron chi connectivity index (χ4n) is 2.22. The molecule has 4 heteroatoms. The van der Waals surface area contributed by atoms with Crippen LogP contribution in [0.4, 0.5) is 17.1 Å². The van der Waals surface area contributed by atoms with Crippen molar-refractivity contribution >= 4 is 17.1 Å².